The number of hydrogen-bond acceptors (Lipinski definition) is 5. The Kier molecular flexibility index (Phi) is 6.39. The minimum atomic E-state index is -0.360. The van der Waals surface area contributed by atoms with E-state index >= 15 is 0 Å². The molecule has 0 unspecified atom stereocenters. The second kappa shape index (κ2) is 9.73. The molecule has 3 amide bonds. The van der Waals surface area contributed by atoms with Crippen molar-refractivity contribution in [2.24, 2.45) is 0 Å². The molecule has 0 fully saturated rings. The van der Waals surface area contributed by atoms with Gasteiger partial charge in [0.1, 0.15) is 5.76 Å². The lowest BCUT2D eigenvalue weighted by molar-refractivity contribution is 0.0948. The number of nitrogens with zero attached hydrogens (tertiary/aromatic N) is 1. The second-order valence-electron chi connectivity index (χ2n) is 6.67. The number of amides is 3. The number of anilines is 1. The molecule has 8 heteroatoms. The Morgan fingerprint density at radius 2 is 1.81 bits per heavy atom. The molecular formula is C23H20N4O3S. The smallest absolute Gasteiger partial charge is 0.321 e. The van der Waals surface area contributed by atoms with Crippen LogP contribution in [0.25, 0.3) is 10.4 Å². The molecule has 0 spiro atoms. The quantitative estimate of drug-likeness (QED) is 0.396. The van der Waals surface area contributed by atoms with E-state index in [1.807, 2.05) is 36.4 Å². The van der Waals surface area contributed by atoms with Crippen molar-refractivity contribution in [1.82, 2.24) is 15.6 Å². The monoisotopic (exact) mass is 432 g/mol. The first-order chi connectivity index (χ1) is 15.2. The van der Waals surface area contributed by atoms with Crippen LogP contribution in [-0.4, -0.2) is 16.9 Å². The third kappa shape index (κ3) is 5.58. The molecule has 0 atom stereocenters. The minimum absolute atomic E-state index is 0.209. The minimum Gasteiger partial charge on any atom is -0.467 e. The van der Waals surface area contributed by atoms with Crippen molar-refractivity contribution in [2.45, 2.75) is 13.1 Å². The van der Waals surface area contributed by atoms with E-state index in [4.69, 9.17) is 4.42 Å². The maximum absolute atomic E-state index is 12.3. The van der Waals surface area contributed by atoms with Crippen LogP contribution in [0.4, 0.5) is 9.93 Å². The van der Waals surface area contributed by atoms with Crippen molar-refractivity contribution < 1.29 is 14.0 Å². The number of carbonyl (C=O) groups is 2. The lowest BCUT2D eigenvalue weighted by Crippen LogP contribution is -2.28. The van der Waals surface area contributed by atoms with E-state index in [9.17, 15) is 9.59 Å². The van der Waals surface area contributed by atoms with Crippen LogP contribution in [0.1, 0.15) is 21.7 Å². The molecule has 0 aliphatic rings. The van der Waals surface area contributed by atoms with Gasteiger partial charge in [0.15, 0.2) is 5.13 Å². The van der Waals surface area contributed by atoms with Gasteiger partial charge in [-0.3, -0.25) is 10.1 Å². The molecule has 2 aromatic heterocycles. The van der Waals surface area contributed by atoms with Crippen LogP contribution in [-0.2, 0) is 13.1 Å². The van der Waals surface area contributed by atoms with Gasteiger partial charge in [0.05, 0.1) is 17.7 Å². The molecule has 2 aromatic carbocycles. The summed E-state index contributed by atoms with van der Waals surface area (Å²) in [6.07, 6.45) is 3.30. The van der Waals surface area contributed by atoms with Gasteiger partial charge in [0.25, 0.3) is 5.91 Å². The molecule has 4 rings (SSSR count). The van der Waals surface area contributed by atoms with E-state index in [2.05, 4.69) is 20.9 Å². The lowest BCUT2D eigenvalue weighted by atomic mass is 10.1. The molecule has 0 saturated carbocycles. The summed E-state index contributed by atoms with van der Waals surface area (Å²) in [6.45, 7) is 0.595. The molecule has 156 valence electrons. The molecule has 31 heavy (non-hydrogen) atoms. The van der Waals surface area contributed by atoms with Gasteiger partial charge in [0.2, 0.25) is 0 Å². The van der Waals surface area contributed by atoms with Crippen LogP contribution >= 0.6 is 11.3 Å². The summed E-state index contributed by atoms with van der Waals surface area (Å²) in [5.74, 6) is 0.472. The topological polar surface area (TPSA) is 96.3 Å². The van der Waals surface area contributed by atoms with E-state index in [1.54, 1.807) is 42.8 Å². The van der Waals surface area contributed by atoms with Crippen molar-refractivity contribution in [3.63, 3.8) is 0 Å². The van der Waals surface area contributed by atoms with Gasteiger partial charge >= 0.3 is 6.03 Å². The van der Waals surface area contributed by atoms with Gasteiger partial charge in [-0.2, -0.15) is 0 Å². The largest absolute Gasteiger partial charge is 0.467 e. The number of nitrogens with one attached hydrogen (secondary N) is 3. The summed E-state index contributed by atoms with van der Waals surface area (Å²) >= 11 is 1.40. The molecule has 0 saturated heterocycles. The molecule has 4 aromatic rings. The highest BCUT2D eigenvalue weighted by Crippen LogP contribution is 2.28. The second-order valence-corrected chi connectivity index (χ2v) is 7.70. The fourth-order valence-corrected chi connectivity index (χ4v) is 3.71. The summed E-state index contributed by atoms with van der Waals surface area (Å²) in [4.78, 5) is 29.8. The number of hydrogen-bond donors (Lipinski definition) is 3. The normalized spacial score (nSPS) is 10.5. The number of thiazole rings is 1. The van der Waals surface area contributed by atoms with E-state index in [0.29, 0.717) is 23.0 Å². The molecule has 0 aliphatic heterocycles. The summed E-state index contributed by atoms with van der Waals surface area (Å²) in [7, 11) is 0. The Morgan fingerprint density at radius 3 is 2.61 bits per heavy atom. The number of benzene rings is 2. The number of aromatic nitrogens is 1. The molecule has 2 heterocycles. The number of carbonyl (C=O) groups excluding carboxylic acids is 2. The van der Waals surface area contributed by atoms with Gasteiger partial charge in [0, 0.05) is 18.3 Å². The van der Waals surface area contributed by atoms with Gasteiger partial charge in [-0.15, -0.1) is 0 Å². The maximum atomic E-state index is 12.3. The number of furan rings is 1. The Hall–Kier alpha value is -3.91. The molecule has 0 bridgehead atoms. The zero-order valence-corrected chi connectivity index (χ0v) is 17.3. The van der Waals surface area contributed by atoms with Crippen molar-refractivity contribution in [3.05, 3.63) is 96.1 Å². The third-order valence-electron chi connectivity index (χ3n) is 4.43. The van der Waals surface area contributed by atoms with Gasteiger partial charge < -0.3 is 15.1 Å². The van der Waals surface area contributed by atoms with Gasteiger partial charge in [-0.1, -0.05) is 53.8 Å². The average Bonchev–Trinajstić information content (AvgIpc) is 3.49. The first-order valence-corrected chi connectivity index (χ1v) is 10.4. The van der Waals surface area contributed by atoms with Gasteiger partial charge in [-0.05, 0) is 35.4 Å². The standard InChI is InChI=1S/C23H20N4O3S/c28-21(24-14-19-10-5-11-30-19)18-9-4-6-16(12-18)13-25-22(29)27-23-26-15-20(31-23)17-7-2-1-3-8-17/h1-12,15H,13-14H2,(H,24,28)(H2,25,26,27,29). The zero-order valence-electron chi connectivity index (χ0n) is 16.5. The molecule has 7 nitrogen and oxygen atoms in total. The van der Waals surface area contributed by atoms with Crippen molar-refractivity contribution in [3.8, 4) is 10.4 Å². The molecule has 0 aliphatic carbocycles. The van der Waals surface area contributed by atoms with E-state index in [-0.39, 0.29) is 18.5 Å². The van der Waals surface area contributed by atoms with Crippen LogP contribution in [0.3, 0.4) is 0 Å². The van der Waals surface area contributed by atoms with Crippen LogP contribution < -0.4 is 16.0 Å². The summed E-state index contributed by atoms with van der Waals surface area (Å²) in [5, 5.41) is 8.85. The highest BCUT2D eigenvalue weighted by atomic mass is 32.1. The highest BCUT2D eigenvalue weighted by molar-refractivity contribution is 7.19. The molecular weight excluding hydrogens is 412 g/mol. The Labute approximate surface area is 183 Å². The zero-order chi connectivity index (χ0) is 21.5. The number of urea groups is 1. The SMILES string of the molecule is O=C(NCc1cccc(C(=O)NCc2ccco2)c1)Nc1ncc(-c2ccccc2)s1. The highest BCUT2D eigenvalue weighted by Gasteiger charge is 2.10. The van der Waals surface area contributed by atoms with Crippen LogP contribution in [0.15, 0.2) is 83.6 Å². The van der Waals surface area contributed by atoms with Crippen molar-refractivity contribution in [1.29, 1.82) is 0 Å². The maximum Gasteiger partial charge on any atom is 0.321 e. The van der Waals surface area contributed by atoms with Gasteiger partial charge in [-0.25, -0.2) is 9.78 Å². The van der Waals surface area contributed by atoms with E-state index < -0.39 is 0 Å². The predicted molar refractivity (Wildman–Crippen MR) is 120 cm³/mol. The fraction of sp³-hybridized carbons (Fsp3) is 0.0870. The van der Waals surface area contributed by atoms with E-state index in [0.717, 1.165) is 16.0 Å². The lowest BCUT2D eigenvalue weighted by Gasteiger charge is -2.08. The molecule has 3 N–H and O–H groups in total. The summed E-state index contributed by atoms with van der Waals surface area (Å²) in [5.41, 5.74) is 2.37. The predicted octanol–water partition coefficient (Wildman–Crippen LogP) is 4.65. The Bertz CT molecular complexity index is 1160. The third-order valence-corrected chi connectivity index (χ3v) is 5.39. The number of rotatable bonds is 7. The first kappa shape index (κ1) is 20.4. The fourth-order valence-electron chi connectivity index (χ4n) is 2.90. The average molecular weight is 433 g/mol. The van der Waals surface area contributed by atoms with Crippen LogP contribution in [0, 0.1) is 0 Å². The van der Waals surface area contributed by atoms with Crippen molar-refractivity contribution in [2.75, 3.05) is 5.32 Å². The summed E-state index contributed by atoms with van der Waals surface area (Å²) in [6, 6.07) is 20.2. The van der Waals surface area contributed by atoms with E-state index in [1.165, 1.54) is 11.3 Å². The van der Waals surface area contributed by atoms with Crippen LogP contribution in [0.5, 0.6) is 0 Å². The van der Waals surface area contributed by atoms with Crippen LogP contribution in [0.2, 0.25) is 0 Å². The van der Waals surface area contributed by atoms with Crippen molar-refractivity contribution >= 4 is 28.4 Å². The first-order valence-electron chi connectivity index (χ1n) is 9.63. The Balaban J connectivity index is 1.29. The Morgan fingerprint density at radius 1 is 0.935 bits per heavy atom. The summed E-state index contributed by atoms with van der Waals surface area (Å²) < 4.78 is 5.21. The molecule has 0 radical (unpaired) electrons.